The first-order valence-corrected chi connectivity index (χ1v) is 9.55. The van der Waals surface area contributed by atoms with E-state index in [1.54, 1.807) is 18.2 Å². The lowest BCUT2D eigenvalue weighted by atomic mass is 10.3. The van der Waals surface area contributed by atoms with Gasteiger partial charge in [0.05, 0.1) is 28.6 Å². The standard InChI is InChI=1S/C22H19N7O/c1-29-18-11-5-4-9-16(18)27-22(29)28-19-12-6-10-17(26-19)21(30)23-13-20-24-14-7-2-3-8-15(14)25-20/h2-12H,13H2,1H3,(H,23,30)(H,24,25)(H,26,27,28). The molecule has 0 spiro atoms. The molecule has 30 heavy (non-hydrogen) atoms. The van der Waals surface area contributed by atoms with Crippen molar-refractivity contribution in [1.29, 1.82) is 0 Å². The van der Waals surface area contributed by atoms with E-state index in [9.17, 15) is 4.79 Å². The zero-order valence-corrected chi connectivity index (χ0v) is 16.3. The van der Waals surface area contributed by atoms with Crippen molar-refractivity contribution in [3.05, 3.63) is 78.2 Å². The Morgan fingerprint density at radius 3 is 2.57 bits per heavy atom. The molecule has 0 bridgehead atoms. The second-order valence-electron chi connectivity index (χ2n) is 6.90. The predicted octanol–water partition coefficient (Wildman–Crippen LogP) is 3.52. The van der Waals surface area contributed by atoms with Crippen molar-refractivity contribution in [2.45, 2.75) is 6.54 Å². The van der Waals surface area contributed by atoms with E-state index in [1.165, 1.54) is 0 Å². The minimum absolute atomic E-state index is 0.274. The number of H-pyrrole nitrogens is 1. The molecule has 0 fully saturated rings. The average Bonchev–Trinajstić information content (AvgIpc) is 3.33. The number of carbonyl (C=O) groups is 1. The maximum absolute atomic E-state index is 12.6. The van der Waals surface area contributed by atoms with Crippen LogP contribution in [0.3, 0.4) is 0 Å². The third-order valence-electron chi connectivity index (χ3n) is 4.86. The highest BCUT2D eigenvalue weighted by Crippen LogP contribution is 2.20. The molecular weight excluding hydrogens is 378 g/mol. The van der Waals surface area contributed by atoms with Gasteiger partial charge >= 0.3 is 0 Å². The molecule has 3 N–H and O–H groups in total. The second kappa shape index (κ2) is 7.32. The van der Waals surface area contributed by atoms with E-state index in [1.807, 2.05) is 60.1 Å². The molecule has 0 aliphatic carbocycles. The Hall–Kier alpha value is -4.20. The Morgan fingerprint density at radius 1 is 0.933 bits per heavy atom. The molecule has 0 saturated heterocycles. The number of carbonyl (C=O) groups excluding carboxylic acids is 1. The smallest absolute Gasteiger partial charge is 0.270 e. The fourth-order valence-electron chi connectivity index (χ4n) is 3.35. The maximum atomic E-state index is 12.6. The maximum Gasteiger partial charge on any atom is 0.270 e. The number of aromatic nitrogens is 5. The first-order valence-electron chi connectivity index (χ1n) is 9.55. The Balaban J connectivity index is 1.31. The molecule has 0 saturated carbocycles. The molecule has 0 aliphatic rings. The van der Waals surface area contributed by atoms with Gasteiger partial charge in [0.15, 0.2) is 0 Å². The van der Waals surface area contributed by atoms with Crippen LogP contribution in [-0.4, -0.2) is 30.4 Å². The van der Waals surface area contributed by atoms with Gasteiger partial charge in [0.2, 0.25) is 5.95 Å². The van der Waals surface area contributed by atoms with Crippen molar-refractivity contribution < 1.29 is 4.79 Å². The number of pyridine rings is 1. The van der Waals surface area contributed by atoms with Gasteiger partial charge in [-0.15, -0.1) is 0 Å². The van der Waals surface area contributed by atoms with Crippen molar-refractivity contribution in [1.82, 2.24) is 29.8 Å². The molecule has 0 radical (unpaired) electrons. The Labute approximate surface area is 172 Å². The number of fused-ring (bicyclic) bond motifs is 2. The van der Waals surface area contributed by atoms with Crippen molar-refractivity contribution in [3.8, 4) is 0 Å². The van der Waals surface area contributed by atoms with Crippen LogP contribution in [0.1, 0.15) is 16.3 Å². The molecule has 5 rings (SSSR count). The van der Waals surface area contributed by atoms with Crippen LogP contribution in [0.25, 0.3) is 22.1 Å². The number of hydrogen-bond donors (Lipinski definition) is 3. The summed E-state index contributed by atoms with van der Waals surface area (Å²) >= 11 is 0. The molecule has 5 aromatic rings. The molecule has 0 atom stereocenters. The highest BCUT2D eigenvalue weighted by Gasteiger charge is 2.12. The summed E-state index contributed by atoms with van der Waals surface area (Å²) in [7, 11) is 1.93. The van der Waals surface area contributed by atoms with Crippen LogP contribution in [-0.2, 0) is 13.6 Å². The van der Waals surface area contributed by atoms with E-state index in [0.29, 0.717) is 23.3 Å². The number of hydrogen-bond acceptors (Lipinski definition) is 5. The molecule has 2 aromatic carbocycles. The van der Waals surface area contributed by atoms with E-state index >= 15 is 0 Å². The number of aromatic amines is 1. The highest BCUT2D eigenvalue weighted by molar-refractivity contribution is 5.92. The van der Waals surface area contributed by atoms with Gasteiger partial charge in [0, 0.05) is 7.05 Å². The van der Waals surface area contributed by atoms with Crippen LogP contribution < -0.4 is 10.6 Å². The number of imidazole rings is 2. The average molecular weight is 397 g/mol. The largest absolute Gasteiger partial charge is 0.343 e. The van der Waals surface area contributed by atoms with Gasteiger partial charge in [0.1, 0.15) is 17.3 Å². The number of anilines is 2. The summed E-state index contributed by atoms with van der Waals surface area (Å²) < 4.78 is 1.95. The quantitative estimate of drug-likeness (QED) is 0.421. The molecule has 0 aliphatic heterocycles. The number of rotatable bonds is 5. The normalized spacial score (nSPS) is 11.1. The van der Waals surface area contributed by atoms with E-state index in [2.05, 4.69) is 30.6 Å². The topological polar surface area (TPSA) is 101 Å². The number of aryl methyl sites for hydroxylation is 1. The van der Waals surface area contributed by atoms with Gasteiger partial charge in [-0.3, -0.25) is 4.79 Å². The summed E-state index contributed by atoms with van der Waals surface area (Å²) in [5.74, 6) is 1.62. The Morgan fingerprint density at radius 2 is 1.73 bits per heavy atom. The molecule has 1 amide bonds. The molecule has 0 unspecified atom stereocenters. The Bertz CT molecular complexity index is 1340. The van der Waals surface area contributed by atoms with E-state index in [-0.39, 0.29) is 12.5 Å². The first kappa shape index (κ1) is 17.9. The molecule has 8 heteroatoms. The summed E-state index contributed by atoms with van der Waals surface area (Å²) in [6.45, 7) is 0.289. The van der Waals surface area contributed by atoms with Crippen molar-refractivity contribution in [2.75, 3.05) is 5.32 Å². The lowest BCUT2D eigenvalue weighted by Crippen LogP contribution is -2.24. The van der Waals surface area contributed by atoms with Gasteiger partial charge in [-0.05, 0) is 36.4 Å². The summed E-state index contributed by atoms with van der Waals surface area (Å²) in [5.41, 5.74) is 4.03. The number of amides is 1. The minimum atomic E-state index is -0.274. The molecule has 3 aromatic heterocycles. The first-order chi connectivity index (χ1) is 14.7. The van der Waals surface area contributed by atoms with Crippen LogP contribution in [0.4, 0.5) is 11.8 Å². The third kappa shape index (κ3) is 3.35. The van der Waals surface area contributed by atoms with E-state index in [4.69, 9.17) is 0 Å². The third-order valence-corrected chi connectivity index (χ3v) is 4.86. The van der Waals surface area contributed by atoms with Crippen molar-refractivity contribution in [2.24, 2.45) is 7.05 Å². The lowest BCUT2D eigenvalue weighted by molar-refractivity contribution is 0.0945. The summed E-state index contributed by atoms with van der Waals surface area (Å²) in [6, 6.07) is 20.9. The minimum Gasteiger partial charge on any atom is -0.343 e. The fraction of sp³-hybridized carbons (Fsp3) is 0.0909. The predicted molar refractivity (Wildman–Crippen MR) is 115 cm³/mol. The van der Waals surface area contributed by atoms with Crippen LogP contribution in [0.5, 0.6) is 0 Å². The van der Waals surface area contributed by atoms with Gasteiger partial charge in [0.25, 0.3) is 5.91 Å². The number of para-hydroxylation sites is 4. The molecule has 148 valence electrons. The highest BCUT2D eigenvalue weighted by atomic mass is 16.1. The van der Waals surface area contributed by atoms with Crippen LogP contribution >= 0.6 is 0 Å². The summed E-state index contributed by atoms with van der Waals surface area (Å²) in [4.78, 5) is 29.3. The van der Waals surface area contributed by atoms with Gasteiger partial charge < -0.3 is 20.2 Å². The molecule has 3 heterocycles. The van der Waals surface area contributed by atoms with Crippen LogP contribution in [0.15, 0.2) is 66.7 Å². The van der Waals surface area contributed by atoms with Crippen molar-refractivity contribution in [3.63, 3.8) is 0 Å². The number of nitrogens with zero attached hydrogens (tertiary/aromatic N) is 4. The van der Waals surface area contributed by atoms with Gasteiger partial charge in [-0.2, -0.15) is 0 Å². The van der Waals surface area contributed by atoms with Crippen LogP contribution in [0.2, 0.25) is 0 Å². The molecule has 8 nitrogen and oxygen atoms in total. The fourth-order valence-corrected chi connectivity index (χ4v) is 3.35. The van der Waals surface area contributed by atoms with Crippen LogP contribution in [0, 0.1) is 0 Å². The second-order valence-corrected chi connectivity index (χ2v) is 6.90. The summed E-state index contributed by atoms with van der Waals surface area (Å²) in [6.07, 6.45) is 0. The SMILES string of the molecule is Cn1c(Nc2cccc(C(=O)NCc3nc4ccccc4[nH]3)n2)nc2ccccc21. The van der Waals surface area contributed by atoms with Gasteiger partial charge in [-0.1, -0.05) is 30.3 Å². The Kier molecular flexibility index (Phi) is 4.36. The van der Waals surface area contributed by atoms with E-state index in [0.717, 1.165) is 22.1 Å². The van der Waals surface area contributed by atoms with Crippen molar-refractivity contribution >= 4 is 39.7 Å². The zero-order chi connectivity index (χ0) is 20.5. The van der Waals surface area contributed by atoms with E-state index < -0.39 is 0 Å². The lowest BCUT2D eigenvalue weighted by Gasteiger charge is -2.07. The number of benzene rings is 2. The monoisotopic (exact) mass is 397 g/mol. The number of nitrogens with one attached hydrogen (secondary N) is 3. The zero-order valence-electron chi connectivity index (χ0n) is 16.3. The summed E-state index contributed by atoms with van der Waals surface area (Å²) in [5, 5.41) is 6.05. The van der Waals surface area contributed by atoms with Gasteiger partial charge in [-0.25, -0.2) is 15.0 Å². The molecular formula is C22H19N7O.